The average molecular weight is 436 g/mol. The molecule has 8 nitrogen and oxygen atoms in total. The number of hydrogen-bond donors (Lipinski definition) is 1. The highest BCUT2D eigenvalue weighted by atomic mass is 19.1. The van der Waals surface area contributed by atoms with Gasteiger partial charge in [0.25, 0.3) is 5.56 Å². The highest BCUT2D eigenvalue weighted by Gasteiger charge is 2.26. The predicted molar refractivity (Wildman–Crippen MR) is 119 cm³/mol. The molecular formula is C23H25FN6O2. The zero-order valence-electron chi connectivity index (χ0n) is 17.9. The lowest BCUT2D eigenvalue weighted by atomic mass is 9.97. The number of amides is 1. The smallest absolute Gasteiger partial charge is 0.266 e. The van der Waals surface area contributed by atoms with Crippen LogP contribution in [0.5, 0.6) is 0 Å². The van der Waals surface area contributed by atoms with Gasteiger partial charge < -0.3 is 10.2 Å². The zero-order valence-corrected chi connectivity index (χ0v) is 17.9. The van der Waals surface area contributed by atoms with Gasteiger partial charge in [0.2, 0.25) is 5.91 Å². The maximum Gasteiger partial charge on any atom is 0.266 e. The van der Waals surface area contributed by atoms with Crippen LogP contribution in [-0.2, 0) is 11.3 Å². The Hall–Kier alpha value is -3.62. The summed E-state index contributed by atoms with van der Waals surface area (Å²) in [6.07, 6.45) is 1.70. The zero-order chi connectivity index (χ0) is 22.5. The lowest BCUT2D eigenvalue weighted by molar-refractivity contribution is -0.125. The van der Waals surface area contributed by atoms with Crippen molar-refractivity contribution in [3.05, 3.63) is 70.4 Å². The number of anilines is 1. The molecule has 32 heavy (non-hydrogen) atoms. The highest BCUT2D eigenvalue weighted by molar-refractivity contribution is 5.79. The molecule has 1 amide bonds. The first-order valence-corrected chi connectivity index (χ1v) is 10.7. The molecule has 1 aliphatic heterocycles. The molecule has 9 heteroatoms. The normalized spacial score (nSPS) is 16.1. The molecular weight excluding hydrogens is 411 g/mol. The SMILES string of the molecule is Cc1ccc(N2CCC[C@H](C(=O)NCCn3nc(-c4ccc(F)cc4)ccc3=O)C2)nn1. The molecule has 0 bridgehead atoms. The Bertz CT molecular complexity index is 1130. The lowest BCUT2D eigenvalue weighted by Gasteiger charge is -2.32. The second-order valence-electron chi connectivity index (χ2n) is 7.90. The number of nitrogens with zero attached hydrogens (tertiary/aromatic N) is 5. The van der Waals surface area contributed by atoms with Crippen molar-refractivity contribution in [2.24, 2.45) is 5.92 Å². The van der Waals surface area contributed by atoms with Gasteiger partial charge in [0.15, 0.2) is 5.82 Å². The number of aromatic nitrogens is 4. The Morgan fingerprint density at radius 1 is 1.12 bits per heavy atom. The van der Waals surface area contributed by atoms with E-state index in [1.54, 1.807) is 18.2 Å². The maximum atomic E-state index is 13.2. The van der Waals surface area contributed by atoms with Crippen LogP contribution in [0.15, 0.2) is 53.3 Å². The van der Waals surface area contributed by atoms with Crippen LogP contribution in [-0.4, -0.2) is 45.5 Å². The largest absolute Gasteiger partial charge is 0.354 e. The minimum Gasteiger partial charge on any atom is -0.354 e. The van der Waals surface area contributed by atoms with Crippen molar-refractivity contribution in [2.45, 2.75) is 26.3 Å². The number of nitrogens with one attached hydrogen (secondary N) is 1. The van der Waals surface area contributed by atoms with E-state index in [0.29, 0.717) is 24.3 Å². The summed E-state index contributed by atoms with van der Waals surface area (Å²) in [7, 11) is 0. The molecule has 1 aromatic carbocycles. The van der Waals surface area contributed by atoms with E-state index < -0.39 is 0 Å². The molecule has 1 aliphatic rings. The van der Waals surface area contributed by atoms with Crippen LogP contribution in [0.1, 0.15) is 18.5 Å². The summed E-state index contributed by atoms with van der Waals surface area (Å²) in [5, 5.41) is 15.6. The van der Waals surface area contributed by atoms with E-state index >= 15 is 0 Å². The van der Waals surface area contributed by atoms with Crippen molar-refractivity contribution in [3.63, 3.8) is 0 Å². The van der Waals surface area contributed by atoms with Crippen molar-refractivity contribution in [3.8, 4) is 11.3 Å². The van der Waals surface area contributed by atoms with E-state index in [2.05, 4.69) is 25.5 Å². The monoisotopic (exact) mass is 436 g/mol. The molecule has 166 valence electrons. The number of hydrogen-bond acceptors (Lipinski definition) is 6. The highest BCUT2D eigenvalue weighted by Crippen LogP contribution is 2.21. The average Bonchev–Trinajstić information content (AvgIpc) is 2.81. The van der Waals surface area contributed by atoms with Gasteiger partial charge in [0.05, 0.1) is 23.9 Å². The fourth-order valence-electron chi connectivity index (χ4n) is 3.77. The van der Waals surface area contributed by atoms with Gasteiger partial charge in [-0.15, -0.1) is 5.10 Å². The Kier molecular flexibility index (Phi) is 6.53. The maximum absolute atomic E-state index is 13.2. The van der Waals surface area contributed by atoms with Crippen molar-refractivity contribution < 1.29 is 9.18 Å². The van der Waals surface area contributed by atoms with Gasteiger partial charge in [-0.25, -0.2) is 9.07 Å². The molecule has 0 saturated carbocycles. The Balaban J connectivity index is 1.34. The number of halogens is 1. The molecule has 1 atom stereocenters. The van der Waals surface area contributed by atoms with Crippen molar-refractivity contribution >= 4 is 11.7 Å². The van der Waals surface area contributed by atoms with Gasteiger partial charge in [0.1, 0.15) is 5.82 Å². The van der Waals surface area contributed by atoms with Crippen LogP contribution < -0.4 is 15.8 Å². The Morgan fingerprint density at radius 2 is 1.94 bits per heavy atom. The third-order valence-corrected chi connectivity index (χ3v) is 5.53. The first-order valence-electron chi connectivity index (χ1n) is 10.7. The fourth-order valence-corrected chi connectivity index (χ4v) is 3.77. The van der Waals surface area contributed by atoms with E-state index in [4.69, 9.17) is 0 Å². The number of benzene rings is 1. The molecule has 0 aliphatic carbocycles. The number of piperidine rings is 1. The molecule has 1 saturated heterocycles. The number of rotatable bonds is 6. The molecule has 1 fully saturated rings. The number of aryl methyl sites for hydroxylation is 1. The summed E-state index contributed by atoms with van der Waals surface area (Å²) in [6, 6.07) is 12.8. The van der Waals surface area contributed by atoms with Crippen molar-refractivity contribution in [2.75, 3.05) is 24.5 Å². The third kappa shape index (κ3) is 5.16. The summed E-state index contributed by atoms with van der Waals surface area (Å²) in [5.41, 5.74) is 1.88. The van der Waals surface area contributed by atoms with Crippen molar-refractivity contribution in [1.29, 1.82) is 0 Å². The molecule has 0 unspecified atom stereocenters. The lowest BCUT2D eigenvalue weighted by Crippen LogP contribution is -2.44. The van der Waals surface area contributed by atoms with Crippen molar-refractivity contribution in [1.82, 2.24) is 25.3 Å². The molecule has 4 rings (SSSR count). The Labute approximate surface area is 185 Å². The van der Waals surface area contributed by atoms with E-state index in [9.17, 15) is 14.0 Å². The van der Waals surface area contributed by atoms with Gasteiger partial charge in [-0.2, -0.15) is 10.2 Å². The summed E-state index contributed by atoms with van der Waals surface area (Å²) in [6.45, 7) is 3.86. The molecule has 2 aromatic heterocycles. The molecule has 1 N–H and O–H groups in total. The standard InChI is InChI=1S/C23H25FN6O2/c1-16-4-10-21(27-26-16)29-13-2-3-18(15-29)23(32)25-12-14-30-22(31)11-9-20(28-30)17-5-7-19(24)8-6-17/h4-11,18H,2-3,12-15H2,1H3,(H,25,32)/t18-/m0/s1. The van der Waals surface area contributed by atoms with Crippen LogP contribution in [0.25, 0.3) is 11.3 Å². The van der Waals surface area contributed by atoms with E-state index in [0.717, 1.165) is 30.9 Å². The first-order chi connectivity index (χ1) is 15.5. The van der Waals surface area contributed by atoms with Gasteiger partial charge in [-0.05, 0) is 62.2 Å². The first kappa shape index (κ1) is 21.6. The van der Waals surface area contributed by atoms with E-state index in [-0.39, 0.29) is 29.7 Å². The van der Waals surface area contributed by atoms with Gasteiger partial charge in [-0.1, -0.05) is 0 Å². The van der Waals surface area contributed by atoms with Gasteiger partial charge in [-0.3, -0.25) is 9.59 Å². The Morgan fingerprint density at radius 3 is 2.69 bits per heavy atom. The summed E-state index contributed by atoms with van der Waals surface area (Å²) < 4.78 is 14.5. The quantitative estimate of drug-likeness (QED) is 0.637. The summed E-state index contributed by atoms with van der Waals surface area (Å²) in [4.78, 5) is 27.0. The summed E-state index contributed by atoms with van der Waals surface area (Å²) >= 11 is 0. The van der Waals surface area contributed by atoms with Crippen LogP contribution in [0.4, 0.5) is 10.2 Å². The third-order valence-electron chi connectivity index (χ3n) is 5.53. The fraction of sp³-hybridized carbons (Fsp3) is 0.348. The molecule has 3 aromatic rings. The minimum atomic E-state index is -0.333. The van der Waals surface area contributed by atoms with E-state index in [1.165, 1.54) is 22.9 Å². The second-order valence-corrected chi connectivity index (χ2v) is 7.90. The minimum absolute atomic E-state index is 0.0440. The van der Waals surface area contributed by atoms with Gasteiger partial charge in [0, 0.05) is 31.3 Å². The molecule has 3 heterocycles. The van der Waals surface area contributed by atoms with Crippen LogP contribution >= 0.6 is 0 Å². The number of carbonyl (C=O) groups excluding carboxylic acids is 1. The predicted octanol–water partition coefficient (Wildman–Crippen LogP) is 2.18. The second kappa shape index (κ2) is 9.67. The topological polar surface area (TPSA) is 93.0 Å². The van der Waals surface area contributed by atoms with Crippen LogP contribution in [0, 0.1) is 18.7 Å². The van der Waals surface area contributed by atoms with Gasteiger partial charge >= 0.3 is 0 Å². The number of carbonyl (C=O) groups is 1. The van der Waals surface area contributed by atoms with Crippen LogP contribution in [0.2, 0.25) is 0 Å². The molecule has 0 radical (unpaired) electrons. The summed E-state index contributed by atoms with van der Waals surface area (Å²) in [5.74, 6) is 0.251. The van der Waals surface area contributed by atoms with Crippen LogP contribution in [0.3, 0.4) is 0 Å². The molecule has 0 spiro atoms. The van der Waals surface area contributed by atoms with E-state index in [1.807, 2.05) is 19.1 Å².